The maximum Gasteiger partial charge on any atom is 0.460 e. The van der Waals surface area contributed by atoms with E-state index in [-0.39, 0.29) is 29.8 Å². The standard InChI is InChI=1S/C30H17F18NO2/c31-23(32,25(35,36)27(39,40)29(43,44)45)14-6-8-16-17-9-7-15(24(33,34)26(37,38)28(41,42)30(46,47)48)12-19(17)21(18(16)11-14)49-20(22(50)51)10-13-4-2-1-3-5-13/h1-9,11-12,20-21,49H,10H2,(H,50,51)/t20-/m0/s1. The van der Waals surface area contributed by atoms with E-state index in [0.29, 0.717) is 12.1 Å². The van der Waals surface area contributed by atoms with Crippen molar-refractivity contribution in [2.24, 2.45) is 0 Å². The van der Waals surface area contributed by atoms with Gasteiger partial charge in [-0.05, 0) is 46.4 Å². The second-order valence-electron chi connectivity index (χ2n) is 11.2. The first-order chi connectivity index (χ1) is 22.9. The summed E-state index contributed by atoms with van der Waals surface area (Å²) in [4.78, 5) is 12.2. The average Bonchev–Trinajstić information content (AvgIpc) is 3.31. The van der Waals surface area contributed by atoms with E-state index >= 15 is 0 Å². The SMILES string of the molecule is O=C(O)[C@H](Cc1ccccc1)NC1c2cc(C(F)(F)C(F)(F)C(F)(F)C(F)(F)F)ccc2-c2ccc(C(F)(F)C(F)(F)C(F)(F)C(F)(F)F)cc21. The third-order valence-electron chi connectivity index (χ3n) is 7.98. The molecule has 0 radical (unpaired) electrons. The van der Waals surface area contributed by atoms with Crippen molar-refractivity contribution in [3.8, 4) is 11.1 Å². The van der Waals surface area contributed by atoms with Crippen LogP contribution in [0, 0.1) is 0 Å². The molecule has 21 heteroatoms. The van der Waals surface area contributed by atoms with Crippen LogP contribution < -0.4 is 5.32 Å². The van der Waals surface area contributed by atoms with Crippen molar-refractivity contribution in [1.29, 1.82) is 0 Å². The van der Waals surface area contributed by atoms with E-state index in [1.807, 2.05) is 0 Å². The Morgan fingerprint density at radius 3 is 1.27 bits per heavy atom. The van der Waals surface area contributed by atoms with Gasteiger partial charge in [0, 0.05) is 11.1 Å². The Hall–Kier alpha value is -4.17. The number of halogens is 18. The monoisotopic (exact) mass is 765 g/mol. The molecule has 1 aliphatic carbocycles. The Bertz CT molecular complexity index is 1680. The topological polar surface area (TPSA) is 49.3 Å². The molecular formula is C30H17F18NO2. The Labute approximate surface area is 272 Å². The zero-order valence-corrected chi connectivity index (χ0v) is 24.4. The van der Waals surface area contributed by atoms with Crippen LogP contribution in [0.5, 0.6) is 0 Å². The molecule has 3 nitrogen and oxygen atoms in total. The van der Waals surface area contributed by atoms with Gasteiger partial charge in [0.2, 0.25) is 0 Å². The third kappa shape index (κ3) is 6.13. The molecule has 2 N–H and O–H groups in total. The molecule has 0 fully saturated rings. The fraction of sp³-hybridized carbons (Fsp3) is 0.367. The summed E-state index contributed by atoms with van der Waals surface area (Å²) in [7, 11) is 0. The zero-order chi connectivity index (χ0) is 39.0. The number of hydrogen-bond acceptors (Lipinski definition) is 2. The summed E-state index contributed by atoms with van der Waals surface area (Å²) in [6, 6.07) is 2.97. The Balaban J connectivity index is 1.93. The van der Waals surface area contributed by atoms with Crippen LogP contribution in [0.4, 0.5) is 79.0 Å². The number of benzene rings is 3. The molecule has 1 aliphatic rings. The van der Waals surface area contributed by atoms with Crippen molar-refractivity contribution < 1.29 is 88.9 Å². The van der Waals surface area contributed by atoms with Crippen molar-refractivity contribution in [2.45, 2.75) is 66.4 Å². The maximum absolute atomic E-state index is 14.9. The minimum Gasteiger partial charge on any atom is -0.480 e. The Kier molecular flexibility index (Phi) is 9.49. The van der Waals surface area contributed by atoms with Crippen molar-refractivity contribution >= 4 is 5.97 Å². The molecule has 0 spiro atoms. The summed E-state index contributed by atoms with van der Waals surface area (Å²) in [5, 5.41) is 12.0. The molecule has 0 saturated heterocycles. The van der Waals surface area contributed by atoms with E-state index in [1.165, 1.54) is 30.3 Å². The van der Waals surface area contributed by atoms with Gasteiger partial charge in [-0.15, -0.1) is 0 Å². The normalized spacial score (nSPS) is 15.8. The number of fused-ring (bicyclic) bond motifs is 3. The van der Waals surface area contributed by atoms with Gasteiger partial charge in [0.1, 0.15) is 6.04 Å². The summed E-state index contributed by atoms with van der Waals surface area (Å²) in [5.74, 6) is -43.7. The number of alkyl halides is 18. The van der Waals surface area contributed by atoms with Gasteiger partial charge in [0.15, 0.2) is 0 Å². The van der Waals surface area contributed by atoms with Gasteiger partial charge < -0.3 is 5.11 Å². The number of carbonyl (C=O) groups is 1. The quantitative estimate of drug-likeness (QED) is 0.191. The number of nitrogens with one attached hydrogen (secondary N) is 1. The van der Waals surface area contributed by atoms with E-state index in [9.17, 15) is 88.9 Å². The van der Waals surface area contributed by atoms with E-state index < -0.39 is 106 Å². The Morgan fingerprint density at radius 1 is 0.569 bits per heavy atom. The van der Waals surface area contributed by atoms with Crippen LogP contribution in [0.1, 0.15) is 33.9 Å². The van der Waals surface area contributed by atoms with Crippen molar-refractivity contribution in [3.05, 3.63) is 94.5 Å². The van der Waals surface area contributed by atoms with Crippen molar-refractivity contribution in [1.82, 2.24) is 5.32 Å². The lowest BCUT2D eigenvalue weighted by Gasteiger charge is -2.34. The summed E-state index contributed by atoms with van der Waals surface area (Å²) in [6.07, 6.45) is -15.0. The molecule has 0 aromatic heterocycles. The second kappa shape index (κ2) is 12.2. The minimum atomic E-state index is -7.36. The first-order valence-electron chi connectivity index (χ1n) is 13.7. The zero-order valence-electron chi connectivity index (χ0n) is 24.4. The second-order valence-corrected chi connectivity index (χ2v) is 11.2. The first-order valence-corrected chi connectivity index (χ1v) is 13.7. The molecule has 0 unspecified atom stereocenters. The van der Waals surface area contributed by atoms with Gasteiger partial charge in [-0.25, -0.2) is 0 Å². The number of carboxylic acid groups (broad SMARTS) is 1. The summed E-state index contributed by atoms with van der Waals surface area (Å²) >= 11 is 0. The first kappa shape index (κ1) is 39.6. The Morgan fingerprint density at radius 2 is 0.941 bits per heavy atom. The van der Waals surface area contributed by atoms with Crippen LogP contribution >= 0.6 is 0 Å². The fourth-order valence-corrected chi connectivity index (χ4v) is 5.21. The maximum atomic E-state index is 14.9. The molecule has 0 heterocycles. The van der Waals surface area contributed by atoms with Crippen molar-refractivity contribution in [3.63, 3.8) is 0 Å². The average molecular weight is 765 g/mol. The van der Waals surface area contributed by atoms with Crippen LogP contribution in [-0.2, 0) is 23.1 Å². The number of aliphatic carboxylic acids is 1. The number of carboxylic acids is 1. The molecule has 3 aromatic carbocycles. The molecule has 3 aromatic rings. The highest BCUT2D eigenvalue weighted by Gasteiger charge is 2.83. The van der Waals surface area contributed by atoms with Crippen LogP contribution in [-0.4, -0.2) is 53.2 Å². The van der Waals surface area contributed by atoms with Crippen LogP contribution in [0.15, 0.2) is 66.7 Å². The summed E-state index contributed by atoms with van der Waals surface area (Å²) in [6.45, 7) is 0. The van der Waals surface area contributed by atoms with Gasteiger partial charge in [-0.3, -0.25) is 10.1 Å². The molecule has 1 atom stereocenters. The molecule has 51 heavy (non-hydrogen) atoms. The van der Waals surface area contributed by atoms with Crippen LogP contribution in [0.2, 0.25) is 0 Å². The number of hydrogen-bond donors (Lipinski definition) is 2. The van der Waals surface area contributed by atoms with Gasteiger partial charge in [-0.2, -0.15) is 79.0 Å². The molecule has 280 valence electrons. The molecule has 0 saturated carbocycles. The van der Waals surface area contributed by atoms with Crippen molar-refractivity contribution in [2.75, 3.05) is 0 Å². The van der Waals surface area contributed by atoms with E-state index in [2.05, 4.69) is 5.32 Å². The van der Waals surface area contributed by atoms with Gasteiger partial charge >= 0.3 is 53.9 Å². The molecule has 0 bridgehead atoms. The summed E-state index contributed by atoms with van der Waals surface area (Å²) in [5.41, 5.74) is -7.32. The molecular weight excluding hydrogens is 748 g/mol. The summed E-state index contributed by atoms with van der Waals surface area (Å²) < 4.78 is 248. The lowest BCUT2D eigenvalue weighted by Crippen LogP contribution is -2.59. The predicted octanol–water partition coefficient (Wildman–Crippen LogP) is 9.89. The van der Waals surface area contributed by atoms with E-state index in [4.69, 9.17) is 0 Å². The van der Waals surface area contributed by atoms with Crippen LogP contribution in [0.3, 0.4) is 0 Å². The third-order valence-corrected chi connectivity index (χ3v) is 7.98. The molecule has 0 aliphatic heterocycles. The van der Waals surface area contributed by atoms with E-state index in [0.717, 1.165) is 0 Å². The minimum absolute atomic E-state index is 0.0927. The predicted molar refractivity (Wildman–Crippen MR) is 138 cm³/mol. The highest BCUT2D eigenvalue weighted by Crippen LogP contribution is 2.59. The lowest BCUT2D eigenvalue weighted by molar-refractivity contribution is -0.399. The smallest absolute Gasteiger partial charge is 0.460 e. The van der Waals surface area contributed by atoms with Gasteiger partial charge in [-0.1, -0.05) is 54.6 Å². The number of rotatable bonds is 11. The lowest BCUT2D eigenvalue weighted by atomic mass is 9.92. The molecule has 4 rings (SSSR count). The van der Waals surface area contributed by atoms with E-state index in [1.54, 1.807) is 0 Å². The highest BCUT2D eigenvalue weighted by atomic mass is 19.4. The molecule has 0 amide bonds. The largest absolute Gasteiger partial charge is 0.480 e. The van der Waals surface area contributed by atoms with Gasteiger partial charge in [0.25, 0.3) is 0 Å². The van der Waals surface area contributed by atoms with Gasteiger partial charge in [0.05, 0.1) is 6.04 Å². The van der Waals surface area contributed by atoms with Crippen LogP contribution in [0.25, 0.3) is 11.1 Å². The highest BCUT2D eigenvalue weighted by molar-refractivity contribution is 5.81. The fourth-order valence-electron chi connectivity index (χ4n) is 5.21.